The van der Waals surface area contributed by atoms with E-state index in [9.17, 15) is 0 Å². The van der Waals surface area contributed by atoms with E-state index in [0.717, 1.165) is 0 Å². The Hall–Kier alpha value is -0.0831. The van der Waals surface area contributed by atoms with Gasteiger partial charge in [0.1, 0.15) is 0 Å². The summed E-state index contributed by atoms with van der Waals surface area (Å²) >= 11 is 0. The molecule has 58 valence electrons. The first kappa shape index (κ1) is 8.02. The maximum Gasteiger partial charge on any atom is 0.0733 e. The van der Waals surface area contributed by atoms with Crippen LogP contribution in [0, 0.1) is 5.92 Å². The standard InChI is InChI=1S/C8H16OSi/c1-6-7(5-9)8(6)10(2,3)4/h7,9H,5H2,1-4H3. The van der Waals surface area contributed by atoms with E-state index < -0.39 is 8.07 Å². The van der Waals surface area contributed by atoms with Crippen molar-refractivity contribution in [2.45, 2.75) is 26.6 Å². The maximum absolute atomic E-state index is 8.89. The molecule has 1 aliphatic rings. The average Bonchev–Trinajstić information content (AvgIpc) is 2.39. The lowest BCUT2D eigenvalue weighted by Crippen LogP contribution is -2.20. The maximum atomic E-state index is 8.89. The molecule has 0 saturated heterocycles. The van der Waals surface area contributed by atoms with Gasteiger partial charge >= 0.3 is 0 Å². The highest BCUT2D eigenvalue weighted by Crippen LogP contribution is 2.44. The summed E-state index contributed by atoms with van der Waals surface area (Å²) in [7, 11) is -1.05. The van der Waals surface area contributed by atoms with Gasteiger partial charge in [0.05, 0.1) is 14.7 Å². The Balaban J connectivity index is 2.62. The minimum Gasteiger partial charge on any atom is -0.395 e. The Kier molecular flexibility index (Phi) is 1.77. The van der Waals surface area contributed by atoms with Crippen LogP contribution in [-0.2, 0) is 0 Å². The van der Waals surface area contributed by atoms with Gasteiger partial charge < -0.3 is 5.11 Å². The van der Waals surface area contributed by atoms with Gasteiger partial charge in [0.25, 0.3) is 0 Å². The van der Waals surface area contributed by atoms with Crippen molar-refractivity contribution in [3.8, 4) is 0 Å². The molecule has 0 aromatic carbocycles. The lowest BCUT2D eigenvalue weighted by Gasteiger charge is -2.11. The van der Waals surface area contributed by atoms with Crippen LogP contribution in [0.3, 0.4) is 0 Å². The Bertz CT molecular complexity index is 176. The molecule has 1 N–H and O–H groups in total. The van der Waals surface area contributed by atoms with Crippen molar-refractivity contribution in [2.24, 2.45) is 5.92 Å². The second-order valence-corrected chi connectivity index (χ2v) is 9.12. The molecule has 0 radical (unpaired) electrons. The first-order valence-electron chi connectivity index (χ1n) is 3.80. The number of hydrogen-bond acceptors (Lipinski definition) is 1. The second-order valence-electron chi connectivity index (χ2n) is 4.08. The predicted molar refractivity (Wildman–Crippen MR) is 46.6 cm³/mol. The number of aliphatic hydroxyl groups excluding tert-OH is 1. The average molecular weight is 156 g/mol. The summed E-state index contributed by atoms with van der Waals surface area (Å²) in [4.78, 5) is 0. The fourth-order valence-corrected chi connectivity index (χ4v) is 4.37. The third kappa shape index (κ3) is 1.18. The zero-order chi connectivity index (χ0) is 7.94. The number of hydrogen-bond donors (Lipinski definition) is 1. The summed E-state index contributed by atoms with van der Waals surface area (Å²) in [6, 6.07) is 0. The smallest absolute Gasteiger partial charge is 0.0733 e. The normalized spacial score (nSPS) is 25.5. The van der Waals surface area contributed by atoms with Gasteiger partial charge in [-0.3, -0.25) is 0 Å². The summed E-state index contributed by atoms with van der Waals surface area (Å²) in [6.07, 6.45) is 0. The van der Waals surface area contributed by atoms with Gasteiger partial charge in [-0.15, -0.1) is 0 Å². The van der Waals surface area contributed by atoms with E-state index in [1.54, 1.807) is 5.20 Å². The molecule has 1 rings (SSSR count). The summed E-state index contributed by atoms with van der Waals surface area (Å²) in [5.74, 6) is 0.478. The van der Waals surface area contributed by atoms with Crippen LogP contribution < -0.4 is 0 Å². The van der Waals surface area contributed by atoms with E-state index >= 15 is 0 Å². The molecule has 1 atom stereocenters. The second kappa shape index (κ2) is 2.21. The van der Waals surface area contributed by atoms with Crippen LogP contribution in [0.4, 0.5) is 0 Å². The Morgan fingerprint density at radius 1 is 1.40 bits per heavy atom. The molecule has 0 saturated carbocycles. The highest BCUT2D eigenvalue weighted by Gasteiger charge is 2.40. The van der Waals surface area contributed by atoms with E-state index in [4.69, 9.17) is 5.11 Å². The van der Waals surface area contributed by atoms with Gasteiger partial charge in [-0.05, 0) is 6.92 Å². The Labute approximate surface area is 63.8 Å². The fraction of sp³-hybridized carbons (Fsp3) is 0.750. The van der Waals surface area contributed by atoms with Crippen molar-refractivity contribution in [1.29, 1.82) is 0 Å². The van der Waals surface area contributed by atoms with E-state index in [0.29, 0.717) is 12.5 Å². The molecule has 0 spiro atoms. The molecular weight excluding hydrogens is 140 g/mol. The van der Waals surface area contributed by atoms with Gasteiger partial charge in [-0.1, -0.05) is 30.4 Å². The van der Waals surface area contributed by atoms with E-state index in [2.05, 4.69) is 26.6 Å². The first-order chi connectivity index (χ1) is 4.48. The molecule has 10 heavy (non-hydrogen) atoms. The lowest BCUT2D eigenvalue weighted by molar-refractivity contribution is 0.282. The fourth-order valence-electron chi connectivity index (χ4n) is 1.73. The highest BCUT2D eigenvalue weighted by molar-refractivity contribution is 6.84. The van der Waals surface area contributed by atoms with Crippen LogP contribution in [0.1, 0.15) is 6.92 Å². The third-order valence-electron chi connectivity index (χ3n) is 2.20. The molecule has 1 nitrogen and oxygen atoms in total. The van der Waals surface area contributed by atoms with Gasteiger partial charge in [-0.25, -0.2) is 0 Å². The molecule has 0 amide bonds. The minimum atomic E-state index is -1.05. The van der Waals surface area contributed by atoms with Crippen LogP contribution in [-0.4, -0.2) is 19.8 Å². The van der Waals surface area contributed by atoms with Crippen LogP contribution >= 0.6 is 0 Å². The van der Waals surface area contributed by atoms with Crippen molar-refractivity contribution >= 4 is 8.07 Å². The van der Waals surface area contributed by atoms with Crippen molar-refractivity contribution in [1.82, 2.24) is 0 Å². The summed E-state index contributed by atoms with van der Waals surface area (Å²) in [6.45, 7) is 9.49. The SMILES string of the molecule is CC1=C([Si](C)(C)C)C1CO. The van der Waals surface area contributed by atoms with Gasteiger partial charge in [0.2, 0.25) is 0 Å². The van der Waals surface area contributed by atoms with Crippen molar-refractivity contribution in [3.63, 3.8) is 0 Å². The van der Waals surface area contributed by atoms with E-state index in [1.165, 1.54) is 5.57 Å². The van der Waals surface area contributed by atoms with Gasteiger partial charge in [-0.2, -0.15) is 0 Å². The van der Waals surface area contributed by atoms with E-state index in [-0.39, 0.29) is 0 Å². The quantitative estimate of drug-likeness (QED) is 0.604. The zero-order valence-corrected chi connectivity index (χ0v) is 8.23. The monoisotopic (exact) mass is 156 g/mol. The van der Waals surface area contributed by atoms with Crippen molar-refractivity contribution in [3.05, 3.63) is 10.8 Å². The summed E-state index contributed by atoms with van der Waals surface area (Å²) in [5, 5.41) is 10.5. The molecule has 0 aromatic heterocycles. The molecule has 0 aromatic rings. The van der Waals surface area contributed by atoms with Crippen LogP contribution in [0.25, 0.3) is 0 Å². The summed E-state index contributed by atoms with van der Waals surface area (Å²) < 4.78 is 0. The number of rotatable bonds is 2. The molecule has 1 unspecified atom stereocenters. The molecular formula is C8H16OSi. The van der Waals surface area contributed by atoms with Gasteiger partial charge in [0, 0.05) is 5.92 Å². The van der Waals surface area contributed by atoms with Crippen molar-refractivity contribution < 1.29 is 5.11 Å². The minimum absolute atomic E-state index is 0.339. The topological polar surface area (TPSA) is 20.2 Å². The van der Waals surface area contributed by atoms with Crippen LogP contribution in [0.5, 0.6) is 0 Å². The largest absolute Gasteiger partial charge is 0.395 e. The Morgan fingerprint density at radius 2 is 1.90 bits per heavy atom. The molecule has 0 heterocycles. The molecule has 2 heteroatoms. The van der Waals surface area contributed by atoms with Crippen LogP contribution in [0.2, 0.25) is 19.6 Å². The summed E-state index contributed by atoms with van der Waals surface area (Å²) in [5.41, 5.74) is 1.46. The highest BCUT2D eigenvalue weighted by atomic mass is 28.3. The molecule has 0 aliphatic heterocycles. The molecule has 0 fully saturated rings. The molecule has 0 bridgehead atoms. The number of aliphatic hydroxyl groups is 1. The molecule has 1 aliphatic carbocycles. The Morgan fingerprint density at radius 3 is 2.00 bits per heavy atom. The van der Waals surface area contributed by atoms with E-state index in [1.807, 2.05) is 0 Å². The zero-order valence-electron chi connectivity index (χ0n) is 7.23. The third-order valence-corrected chi connectivity index (χ3v) is 4.56. The predicted octanol–water partition coefficient (Wildman–Crippen LogP) is 1.80. The lowest BCUT2D eigenvalue weighted by atomic mass is 10.3. The van der Waals surface area contributed by atoms with Crippen LogP contribution in [0.15, 0.2) is 10.8 Å². The first-order valence-corrected chi connectivity index (χ1v) is 7.30. The van der Waals surface area contributed by atoms with Crippen molar-refractivity contribution in [2.75, 3.05) is 6.61 Å². The van der Waals surface area contributed by atoms with Gasteiger partial charge in [0.15, 0.2) is 0 Å².